The van der Waals surface area contributed by atoms with Crippen molar-refractivity contribution >= 4 is 5.78 Å². The molecule has 0 amide bonds. The molecule has 0 aliphatic heterocycles. The third kappa shape index (κ3) is 4.31. The Morgan fingerprint density at radius 2 is 1.93 bits per heavy atom. The third-order valence-corrected chi connectivity index (χ3v) is 2.99. The van der Waals surface area contributed by atoms with E-state index < -0.39 is 6.10 Å². The Kier molecular flexibility index (Phi) is 5.26. The quantitative estimate of drug-likeness (QED) is 0.760. The van der Waals surface area contributed by atoms with E-state index in [1.807, 2.05) is 13.8 Å². The fourth-order valence-corrected chi connectivity index (χ4v) is 2.05. The summed E-state index contributed by atoms with van der Waals surface area (Å²) in [6, 6.07) is 0. The molecule has 1 saturated carbocycles. The molecule has 0 aromatic heterocycles. The number of ketones is 1. The highest BCUT2D eigenvalue weighted by Crippen LogP contribution is 2.26. The Morgan fingerprint density at radius 3 is 2.47 bits per heavy atom. The second kappa shape index (κ2) is 6.23. The Bertz CT molecular complexity index is 195. The molecule has 1 N–H and O–H groups in total. The Hall–Kier alpha value is -0.410. The number of aliphatic hydroxyl groups excluding tert-OH is 1. The average molecular weight is 214 g/mol. The zero-order valence-electron chi connectivity index (χ0n) is 9.74. The van der Waals surface area contributed by atoms with Gasteiger partial charge in [0, 0.05) is 0 Å². The van der Waals surface area contributed by atoms with Gasteiger partial charge < -0.3 is 9.84 Å². The van der Waals surface area contributed by atoms with Crippen molar-refractivity contribution in [3.63, 3.8) is 0 Å². The second-order valence-electron chi connectivity index (χ2n) is 4.67. The maximum Gasteiger partial charge on any atom is 0.187 e. The van der Waals surface area contributed by atoms with E-state index in [2.05, 4.69) is 0 Å². The Balaban J connectivity index is 2.30. The summed E-state index contributed by atoms with van der Waals surface area (Å²) in [5, 5.41) is 9.83. The summed E-state index contributed by atoms with van der Waals surface area (Å²) >= 11 is 0. The van der Waals surface area contributed by atoms with Gasteiger partial charge in [-0.15, -0.1) is 0 Å². The number of carbonyl (C=O) groups is 1. The number of hydrogen-bond donors (Lipinski definition) is 1. The summed E-state index contributed by atoms with van der Waals surface area (Å²) in [6.45, 7) is 3.83. The first kappa shape index (κ1) is 12.7. The lowest BCUT2D eigenvalue weighted by Gasteiger charge is -2.25. The molecule has 1 rings (SSSR count). The van der Waals surface area contributed by atoms with E-state index in [1.54, 1.807) is 0 Å². The van der Waals surface area contributed by atoms with Crippen LogP contribution >= 0.6 is 0 Å². The lowest BCUT2D eigenvalue weighted by Crippen LogP contribution is -2.34. The second-order valence-corrected chi connectivity index (χ2v) is 4.67. The highest BCUT2D eigenvalue weighted by atomic mass is 16.5. The van der Waals surface area contributed by atoms with E-state index in [-0.39, 0.29) is 24.4 Å². The van der Waals surface area contributed by atoms with Gasteiger partial charge in [0.25, 0.3) is 0 Å². The summed E-state index contributed by atoms with van der Waals surface area (Å²) < 4.78 is 5.21. The topological polar surface area (TPSA) is 46.5 Å². The molecule has 0 aromatic carbocycles. The first-order valence-corrected chi connectivity index (χ1v) is 5.93. The Labute approximate surface area is 91.8 Å². The molecule has 88 valence electrons. The maximum absolute atomic E-state index is 11.6. The molecule has 0 aromatic rings. The minimum Gasteiger partial charge on any atom is -0.385 e. The van der Waals surface area contributed by atoms with E-state index in [0.717, 1.165) is 25.7 Å². The zero-order chi connectivity index (χ0) is 11.3. The van der Waals surface area contributed by atoms with Gasteiger partial charge in [0.2, 0.25) is 0 Å². The van der Waals surface area contributed by atoms with Crippen molar-refractivity contribution in [3.05, 3.63) is 0 Å². The molecule has 0 heterocycles. The molecule has 1 atom stereocenters. The van der Waals surface area contributed by atoms with Crippen molar-refractivity contribution in [1.29, 1.82) is 0 Å². The predicted octanol–water partition coefficient (Wildman–Crippen LogP) is 1.92. The van der Waals surface area contributed by atoms with Gasteiger partial charge in [-0.3, -0.25) is 4.79 Å². The van der Waals surface area contributed by atoms with Crippen molar-refractivity contribution in [2.75, 3.05) is 6.61 Å². The van der Waals surface area contributed by atoms with Crippen LogP contribution in [0.1, 0.15) is 46.0 Å². The summed E-state index contributed by atoms with van der Waals surface area (Å²) in [6.07, 6.45) is 4.72. The molecular weight excluding hydrogens is 192 g/mol. The Morgan fingerprint density at radius 1 is 1.33 bits per heavy atom. The summed E-state index contributed by atoms with van der Waals surface area (Å²) in [5.41, 5.74) is 0. The number of aliphatic hydroxyl groups is 1. The van der Waals surface area contributed by atoms with Gasteiger partial charge in [-0.2, -0.15) is 0 Å². The van der Waals surface area contributed by atoms with Crippen LogP contribution in [-0.2, 0) is 9.53 Å². The van der Waals surface area contributed by atoms with Crippen LogP contribution in [0.25, 0.3) is 0 Å². The van der Waals surface area contributed by atoms with Gasteiger partial charge in [-0.25, -0.2) is 0 Å². The molecule has 1 aliphatic carbocycles. The summed E-state index contributed by atoms with van der Waals surface area (Å²) in [5.74, 6) is 0.0117. The van der Waals surface area contributed by atoms with Gasteiger partial charge >= 0.3 is 0 Å². The minimum atomic E-state index is -0.802. The lowest BCUT2D eigenvalue weighted by atomic mass is 9.84. The van der Waals surface area contributed by atoms with Crippen LogP contribution < -0.4 is 0 Å². The SMILES string of the molecule is CC(C)OCC(=O)C(O)C1CCCCC1. The number of Topliss-reactive ketones (excluding diaryl/α,β-unsaturated/α-hetero) is 1. The maximum atomic E-state index is 11.6. The molecule has 0 bridgehead atoms. The number of carbonyl (C=O) groups excluding carboxylic acids is 1. The monoisotopic (exact) mass is 214 g/mol. The van der Waals surface area contributed by atoms with Crippen LogP contribution in [-0.4, -0.2) is 29.7 Å². The third-order valence-electron chi connectivity index (χ3n) is 2.99. The average Bonchev–Trinajstić information content (AvgIpc) is 2.26. The molecule has 15 heavy (non-hydrogen) atoms. The lowest BCUT2D eigenvalue weighted by molar-refractivity contribution is -0.136. The van der Waals surface area contributed by atoms with Crippen molar-refractivity contribution in [3.8, 4) is 0 Å². The van der Waals surface area contributed by atoms with Gasteiger partial charge in [0.1, 0.15) is 12.7 Å². The van der Waals surface area contributed by atoms with Gasteiger partial charge in [0.05, 0.1) is 6.10 Å². The van der Waals surface area contributed by atoms with E-state index in [1.165, 1.54) is 6.42 Å². The van der Waals surface area contributed by atoms with Crippen LogP contribution in [0.4, 0.5) is 0 Å². The molecular formula is C12H22O3. The number of hydrogen-bond acceptors (Lipinski definition) is 3. The van der Waals surface area contributed by atoms with Crippen molar-refractivity contribution < 1.29 is 14.6 Å². The van der Waals surface area contributed by atoms with Crippen LogP contribution in [0.2, 0.25) is 0 Å². The van der Waals surface area contributed by atoms with Crippen LogP contribution in [0.15, 0.2) is 0 Å². The fraction of sp³-hybridized carbons (Fsp3) is 0.917. The molecule has 0 saturated heterocycles. The summed E-state index contributed by atoms with van der Waals surface area (Å²) in [4.78, 5) is 11.6. The molecule has 1 fully saturated rings. The fourth-order valence-electron chi connectivity index (χ4n) is 2.05. The first-order valence-electron chi connectivity index (χ1n) is 5.93. The van der Waals surface area contributed by atoms with E-state index in [4.69, 9.17) is 4.74 Å². The minimum absolute atomic E-state index is 0.0486. The molecule has 0 spiro atoms. The largest absolute Gasteiger partial charge is 0.385 e. The standard InChI is InChI=1S/C12H22O3/c1-9(2)15-8-11(13)12(14)10-6-4-3-5-7-10/h9-10,12,14H,3-8H2,1-2H3. The first-order chi connectivity index (χ1) is 7.11. The number of ether oxygens (including phenoxy) is 1. The van der Waals surface area contributed by atoms with E-state index in [0.29, 0.717) is 0 Å². The molecule has 1 aliphatic rings. The van der Waals surface area contributed by atoms with Crippen LogP contribution in [0, 0.1) is 5.92 Å². The van der Waals surface area contributed by atoms with E-state index >= 15 is 0 Å². The normalized spacial score (nSPS) is 20.5. The van der Waals surface area contributed by atoms with Crippen molar-refractivity contribution in [1.82, 2.24) is 0 Å². The van der Waals surface area contributed by atoms with Gasteiger partial charge in [-0.05, 0) is 32.6 Å². The van der Waals surface area contributed by atoms with Gasteiger partial charge in [0.15, 0.2) is 5.78 Å². The van der Waals surface area contributed by atoms with Crippen LogP contribution in [0.3, 0.4) is 0 Å². The molecule has 3 nitrogen and oxygen atoms in total. The highest BCUT2D eigenvalue weighted by Gasteiger charge is 2.27. The zero-order valence-corrected chi connectivity index (χ0v) is 9.74. The predicted molar refractivity (Wildman–Crippen MR) is 58.7 cm³/mol. The van der Waals surface area contributed by atoms with Crippen molar-refractivity contribution in [2.24, 2.45) is 5.92 Å². The van der Waals surface area contributed by atoms with Crippen LogP contribution in [0.5, 0.6) is 0 Å². The molecule has 1 unspecified atom stereocenters. The molecule has 3 heteroatoms. The van der Waals surface area contributed by atoms with Gasteiger partial charge in [-0.1, -0.05) is 19.3 Å². The highest BCUT2D eigenvalue weighted by molar-refractivity contribution is 5.84. The summed E-state index contributed by atoms with van der Waals surface area (Å²) in [7, 11) is 0. The smallest absolute Gasteiger partial charge is 0.187 e. The molecule has 0 radical (unpaired) electrons. The number of rotatable bonds is 5. The van der Waals surface area contributed by atoms with Crippen molar-refractivity contribution in [2.45, 2.75) is 58.2 Å². The van der Waals surface area contributed by atoms with E-state index in [9.17, 15) is 9.90 Å².